The van der Waals surface area contributed by atoms with Gasteiger partial charge in [-0.15, -0.1) is 11.3 Å². The maximum Gasteiger partial charge on any atom is 0.230 e. The van der Waals surface area contributed by atoms with Crippen molar-refractivity contribution in [2.24, 2.45) is 0 Å². The van der Waals surface area contributed by atoms with Gasteiger partial charge in [-0.2, -0.15) is 0 Å². The molecule has 2 heterocycles. The SMILES string of the molecule is COc1cc(C(=O)c2nc(C(=O)c3cc(OC)c(OC)c(OC)c3)c3sccc3n2)cc(OC)c1OC. The molecule has 0 spiro atoms. The van der Waals surface area contributed by atoms with Crippen LogP contribution in [0.4, 0.5) is 0 Å². The fourth-order valence-electron chi connectivity index (χ4n) is 3.81. The largest absolute Gasteiger partial charge is 0.493 e. The second-order valence-electron chi connectivity index (χ2n) is 7.52. The number of rotatable bonds is 10. The van der Waals surface area contributed by atoms with Gasteiger partial charge in [0.2, 0.25) is 28.9 Å². The molecular weight excluding hydrogens is 500 g/mol. The molecule has 0 saturated heterocycles. The van der Waals surface area contributed by atoms with Crippen molar-refractivity contribution >= 4 is 33.1 Å². The van der Waals surface area contributed by atoms with Crippen molar-refractivity contribution in [1.82, 2.24) is 9.97 Å². The van der Waals surface area contributed by atoms with Gasteiger partial charge >= 0.3 is 0 Å². The van der Waals surface area contributed by atoms with Crippen LogP contribution in [-0.4, -0.2) is 64.2 Å². The fraction of sp³-hybridized carbons (Fsp3) is 0.231. The highest BCUT2D eigenvalue weighted by atomic mass is 32.1. The highest BCUT2D eigenvalue weighted by Crippen LogP contribution is 2.40. The maximum absolute atomic E-state index is 13.7. The van der Waals surface area contributed by atoms with E-state index in [-0.39, 0.29) is 22.6 Å². The van der Waals surface area contributed by atoms with Crippen LogP contribution >= 0.6 is 11.3 Å². The van der Waals surface area contributed by atoms with Crippen LogP contribution in [0.25, 0.3) is 10.2 Å². The summed E-state index contributed by atoms with van der Waals surface area (Å²) in [6.45, 7) is 0. The van der Waals surface area contributed by atoms with E-state index in [0.29, 0.717) is 44.7 Å². The number of ether oxygens (including phenoxy) is 6. The monoisotopic (exact) mass is 524 g/mol. The average molecular weight is 525 g/mol. The van der Waals surface area contributed by atoms with Crippen molar-refractivity contribution in [3.05, 3.63) is 58.4 Å². The predicted octanol–water partition coefficient (Wildman–Crippen LogP) is 4.20. The smallest absolute Gasteiger partial charge is 0.230 e. The van der Waals surface area contributed by atoms with E-state index in [9.17, 15) is 9.59 Å². The van der Waals surface area contributed by atoms with Crippen LogP contribution in [0.1, 0.15) is 32.2 Å². The summed E-state index contributed by atoms with van der Waals surface area (Å²) >= 11 is 1.30. The second-order valence-corrected chi connectivity index (χ2v) is 8.43. The van der Waals surface area contributed by atoms with Gasteiger partial charge in [0.25, 0.3) is 0 Å². The number of benzene rings is 2. The molecule has 0 aliphatic heterocycles. The van der Waals surface area contributed by atoms with E-state index in [2.05, 4.69) is 9.97 Å². The minimum Gasteiger partial charge on any atom is -0.493 e. The number of carbonyl (C=O) groups is 2. The molecule has 0 radical (unpaired) electrons. The highest BCUT2D eigenvalue weighted by molar-refractivity contribution is 7.17. The maximum atomic E-state index is 13.7. The van der Waals surface area contributed by atoms with Gasteiger partial charge in [-0.3, -0.25) is 9.59 Å². The Morgan fingerprint density at radius 3 is 1.54 bits per heavy atom. The minimum atomic E-state index is -0.522. The molecule has 10 nitrogen and oxygen atoms in total. The number of aromatic nitrogens is 2. The summed E-state index contributed by atoms with van der Waals surface area (Å²) in [6.07, 6.45) is 0. The second kappa shape index (κ2) is 10.7. The number of nitrogens with zero attached hydrogens (tertiary/aromatic N) is 2. The van der Waals surface area contributed by atoms with Gasteiger partial charge in [0, 0.05) is 11.1 Å². The lowest BCUT2D eigenvalue weighted by atomic mass is 10.0. The van der Waals surface area contributed by atoms with Crippen LogP contribution in [-0.2, 0) is 0 Å². The highest BCUT2D eigenvalue weighted by Gasteiger charge is 2.25. The summed E-state index contributed by atoms with van der Waals surface area (Å²) in [5.41, 5.74) is 0.987. The summed E-state index contributed by atoms with van der Waals surface area (Å²) < 4.78 is 32.7. The quantitative estimate of drug-likeness (QED) is 0.280. The van der Waals surface area contributed by atoms with Gasteiger partial charge in [0.1, 0.15) is 5.69 Å². The van der Waals surface area contributed by atoms with Crippen molar-refractivity contribution in [2.75, 3.05) is 42.7 Å². The van der Waals surface area contributed by atoms with Crippen LogP contribution in [0, 0.1) is 0 Å². The lowest BCUT2D eigenvalue weighted by molar-refractivity contribution is 0.102. The Kier molecular flexibility index (Phi) is 7.44. The summed E-state index contributed by atoms with van der Waals surface area (Å²) in [7, 11) is 8.77. The third-order valence-corrected chi connectivity index (χ3v) is 6.49. The molecule has 11 heteroatoms. The Morgan fingerprint density at radius 2 is 1.11 bits per heavy atom. The zero-order chi connectivity index (χ0) is 26.7. The Balaban J connectivity index is 1.85. The Hall–Kier alpha value is -4.38. The average Bonchev–Trinajstić information content (AvgIpc) is 3.42. The first-order chi connectivity index (χ1) is 17.9. The lowest BCUT2D eigenvalue weighted by Gasteiger charge is -2.14. The van der Waals surface area contributed by atoms with Crippen molar-refractivity contribution in [3.8, 4) is 34.5 Å². The zero-order valence-corrected chi connectivity index (χ0v) is 21.8. The molecule has 0 N–H and O–H groups in total. The van der Waals surface area contributed by atoms with Crippen LogP contribution in [0.5, 0.6) is 34.5 Å². The first-order valence-corrected chi connectivity index (χ1v) is 11.7. The Labute approximate surface area is 216 Å². The molecule has 0 aliphatic carbocycles. The minimum absolute atomic E-state index is 0.0741. The Bertz CT molecular complexity index is 1450. The van der Waals surface area contributed by atoms with Gasteiger partial charge in [0.05, 0.1) is 52.9 Å². The van der Waals surface area contributed by atoms with Crippen molar-refractivity contribution in [2.45, 2.75) is 0 Å². The molecule has 2 aromatic heterocycles. The number of ketones is 2. The molecule has 4 rings (SSSR count). The fourth-order valence-corrected chi connectivity index (χ4v) is 4.63. The van der Waals surface area contributed by atoms with Crippen molar-refractivity contribution in [3.63, 3.8) is 0 Å². The topological polar surface area (TPSA) is 115 Å². The van der Waals surface area contributed by atoms with E-state index in [1.54, 1.807) is 11.4 Å². The number of hydrogen-bond acceptors (Lipinski definition) is 11. The predicted molar refractivity (Wildman–Crippen MR) is 136 cm³/mol. The molecule has 0 amide bonds. The van der Waals surface area contributed by atoms with Gasteiger partial charge in [-0.1, -0.05) is 0 Å². The lowest BCUT2D eigenvalue weighted by Crippen LogP contribution is -2.13. The summed E-state index contributed by atoms with van der Waals surface area (Å²) in [6, 6.07) is 7.80. The molecule has 0 unspecified atom stereocenters. The number of hydrogen-bond donors (Lipinski definition) is 0. The molecule has 4 aromatic rings. The van der Waals surface area contributed by atoms with Gasteiger partial charge in [-0.25, -0.2) is 9.97 Å². The van der Waals surface area contributed by atoms with Crippen LogP contribution < -0.4 is 28.4 Å². The number of thiophene rings is 1. The third-order valence-electron chi connectivity index (χ3n) is 5.58. The van der Waals surface area contributed by atoms with E-state index in [1.807, 2.05) is 0 Å². The van der Waals surface area contributed by atoms with Gasteiger partial charge in [0.15, 0.2) is 23.0 Å². The van der Waals surface area contributed by atoms with Crippen molar-refractivity contribution < 1.29 is 38.0 Å². The number of methoxy groups -OCH3 is 6. The number of fused-ring (bicyclic) bond motifs is 1. The molecule has 192 valence electrons. The van der Waals surface area contributed by atoms with E-state index in [0.717, 1.165) is 0 Å². The molecule has 0 bridgehead atoms. The molecule has 0 atom stereocenters. The van der Waals surface area contributed by atoms with Gasteiger partial charge in [-0.05, 0) is 35.7 Å². The van der Waals surface area contributed by atoms with E-state index < -0.39 is 11.6 Å². The van der Waals surface area contributed by atoms with E-state index in [1.165, 1.54) is 78.3 Å². The normalized spacial score (nSPS) is 10.6. The zero-order valence-electron chi connectivity index (χ0n) is 21.0. The van der Waals surface area contributed by atoms with Gasteiger partial charge < -0.3 is 28.4 Å². The molecule has 0 fully saturated rings. The van der Waals surface area contributed by atoms with E-state index in [4.69, 9.17) is 28.4 Å². The molecule has 2 aromatic carbocycles. The summed E-state index contributed by atoms with van der Waals surface area (Å²) in [4.78, 5) is 36.0. The van der Waals surface area contributed by atoms with Crippen LogP contribution in [0.2, 0.25) is 0 Å². The number of carbonyl (C=O) groups excluding carboxylic acids is 2. The standard InChI is InChI=1S/C26H24N2O8S/c1-31-16-9-13(10-17(32-2)23(16)35-5)21(29)20-25-15(7-8-37-25)27-26(28-20)22(30)14-11-18(33-3)24(36-6)19(12-14)34-4/h7-12H,1-6H3. The first kappa shape index (κ1) is 25.7. The summed E-state index contributed by atoms with van der Waals surface area (Å²) in [5, 5.41) is 1.78. The third kappa shape index (κ3) is 4.60. The molecule has 37 heavy (non-hydrogen) atoms. The summed E-state index contributed by atoms with van der Waals surface area (Å²) in [5.74, 6) is 0.810. The van der Waals surface area contributed by atoms with E-state index >= 15 is 0 Å². The molecule has 0 saturated carbocycles. The van der Waals surface area contributed by atoms with Crippen LogP contribution in [0.15, 0.2) is 35.7 Å². The Morgan fingerprint density at radius 1 is 0.649 bits per heavy atom. The first-order valence-electron chi connectivity index (χ1n) is 10.8. The molecular formula is C26H24N2O8S. The van der Waals surface area contributed by atoms with Crippen LogP contribution in [0.3, 0.4) is 0 Å². The molecule has 0 aliphatic rings. The van der Waals surface area contributed by atoms with Crippen molar-refractivity contribution in [1.29, 1.82) is 0 Å².